The van der Waals surface area contributed by atoms with Crippen molar-refractivity contribution in [2.75, 3.05) is 34.4 Å². The van der Waals surface area contributed by atoms with E-state index in [2.05, 4.69) is 43.2 Å². The van der Waals surface area contributed by atoms with Gasteiger partial charge in [-0.1, -0.05) is 0 Å². The molecule has 2 heterocycles. The summed E-state index contributed by atoms with van der Waals surface area (Å²) in [5.41, 5.74) is 4.62. The lowest BCUT2D eigenvalue weighted by atomic mass is 9.92. The first-order chi connectivity index (χ1) is 13.9. The third-order valence-electron chi connectivity index (χ3n) is 6.32. The predicted molar refractivity (Wildman–Crippen MR) is 113 cm³/mol. The Kier molecular flexibility index (Phi) is 5.32. The van der Waals surface area contributed by atoms with Crippen LogP contribution in [0.4, 0.5) is 0 Å². The standard InChI is InChI=1S/C23H30N2O4/c1-13-21-16(6-8-24-13)11-20(28-5)22(26)23(21)29-19-12-17-14(2)25(3)9-7-15(17)10-18(19)27-4/h10-14,24,26H,6-9H2,1-5H3/t13-,14+/m1/s1. The van der Waals surface area contributed by atoms with Gasteiger partial charge in [-0.25, -0.2) is 0 Å². The van der Waals surface area contributed by atoms with E-state index in [9.17, 15) is 5.11 Å². The van der Waals surface area contributed by atoms with Gasteiger partial charge in [-0.3, -0.25) is 4.90 Å². The summed E-state index contributed by atoms with van der Waals surface area (Å²) in [6, 6.07) is 6.40. The summed E-state index contributed by atoms with van der Waals surface area (Å²) in [6.45, 7) is 6.18. The molecule has 2 atom stereocenters. The topological polar surface area (TPSA) is 63.2 Å². The Bertz CT molecular complexity index is 928. The summed E-state index contributed by atoms with van der Waals surface area (Å²) in [6.07, 6.45) is 1.84. The molecule has 0 amide bonds. The number of hydrogen-bond donors (Lipinski definition) is 2. The van der Waals surface area contributed by atoms with Crippen molar-refractivity contribution >= 4 is 0 Å². The fourth-order valence-corrected chi connectivity index (χ4v) is 4.46. The van der Waals surface area contributed by atoms with Gasteiger partial charge in [-0.2, -0.15) is 0 Å². The van der Waals surface area contributed by atoms with Gasteiger partial charge in [0.25, 0.3) is 0 Å². The van der Waals surface area contributed by atoms with Crippen LogP contribution in [0.2, 0.25) is 0 Å². The van der Waals surface area contributed by atoms with E-state index in [0.29, 0.717) is 29.0 Å². The Morgan fingerprint density at radius 1 is 1.00 bits per heavy atom. The van der Waals surface area contributed by atoms with Gasteiger partial charge in [0.1, 0.15) is 0 Å². The molecule has 29 heavy (non-hydrogen) atoms. The number of nitrogens with zero attached hydrogens (tertiary/aromatic N) is 1. The highest BCUT2D eigenvalue weighted by Gasteiger charge is 2.29. The van der Waals surface area contributed by atoms with Crippen molar-refractivity contribution in [1.29, 1.82) is 0 Å². The summed E-state index contributed by atoms with van der Waals surface area (Å²) in [5.74, 6) is 2.17. The molecule has 4 rings (SSSR count). The summed E-state index contributed by atoms with van der Waals surface area (Å²) >= 11 is 0. The zero-order valence-electron chi connectivity index (χ0n) is 17.8. The predicted octanol–water partition coefficient (Wildman–Crippen LogP) is 3.96. The van der Waals surface area contributed by atoms with E-state index in [-0.39, 0.29) is 11.8 Å². The second-order valence-corrected chi connectivity index (χ2v) is 7.97. The van der Waals surface area contributed by atoms with Gasteiger partial charge < -0.3 is 24.6 Å². The monoisotopic (exact) mass is 398 g/mol. The van der Waals surface area contributed by atoms with Crippen LogP contribution < -0.4 is 19.5 Å². The van der Waals surface area contributed by atoms with Crippen molar-refractivity contribution in [3.8, 4) is 28.7 Å². The number of nitrogens with one attached hydrogen (secondary N) is 1. The van der Waals surface area contributed by atoms with Crippen LogP contribution in [0.15, 0.2) is 18.2 Å². The van der Waals surface area contributed by atoms with Crippen molar-refractivity contribution in [2.45, 2.75) is 38.8 Å². The average molecular weight is 399 g/mol. The maximum Gasteiger partial charge on any atom is 0.201 e. The number of ether oxygens (including phenoxy) is 3. The van der Waals surface area contributed by atoms with Crippen molar-refractivity contribution in [1.82, 2.24) is 10.2 Å². The Balaban J connectivity index is 1.84. The van der Waals surface area contributed by atoms with Crippen LogP contribution in [0.3, 0.4) is 0 Å². The molecule has 2 aromatic carbocycles. The SMILES string of the molecule is COc1cc2c(cc1Oc1c(O)c(OC)cc3c1[C@@H](C)NCC3)[C@H](C)N(C)CC2. The summed E-state index contributed by atoms with van der Waals surface area (Å²) in [7, 11) is 5.35. The van der Waals surface area contributed by atoms with Crippen LogP contribution in [-0.2, 0) is 12.8 Å². The van der Waals surface area contributed by atoms with Gasteiger partial charge in [-0.15, -0.1) is 0 Å². The Hall–Kier alpha value is -2.44. The number of phenolic OH excluding ortho intramolecular Hbond substituents is 1. The van der Waals surface area contributed by atoms with Crippen LogP contribution in [0.1, 0.15) is 48.2 Å². The fourth-order valence-electron chi connectivity index (χ4n) is 4.46. The largest absolute Gasteiger partial charge is 0.502 e. The minimum atomic E-state index is 0.0201. The molecule has 0 aliphatic carbocycles. The van der Waals surface area contributed by atoms with E-state index in [4.69, 9.17) is 14.2 Å². The number of hydrogen-bond acceptors (Lipinski definition) is 6. The van der Waals surface area contributed by atoms with Crippen LogP contribution in [-0.4, -0.2) is 44.4 Å². The highest BCUT2D eigenvalue weighted by atomic mass is 16.5. The van der Waals surface area contributed by atoms with Crippen molar-refractivity contribution in [3.63, 3.8) is 0 Å². The third-order valence-corrected chi connectivity index (χ3v) is 6.32. The summed E-state index contributed by atoms with van der Waals surface area (Å²) in [4.78, 5) is 2.33. The summed E-state index contributed by atoms with van der Waals surface area (Å²) < 4.78 is 17.4. The molecule has 2 aliphatic rings. The molecule has 2 N–H and O–H groups in total. The first-order valence-electron chi connectivity index (χ1n) is 10.2. The molecule has 156 valence electrons. The molecule has 0 saturated heterocycles. The molecular formula is C23H30N2O4. The third kappa shape index (κ3) is 3.40. The highest BCUT2D eigenvalue weighted by molar-refractivity contribution is 5.62. The van der Waals surface area contributed by atoms with Gasteiger partial charge in [-0.05, 0) is 75.2 Å². The van der Waals surface area contributed by atoms with Crippen LogP contribution in [0.25, 0.3) is 0 Å². The van der Waals surface area contributed by atoms with Crippen LogP contribution >= 0.6 is 0 Å². The molecule has 0 spiro atoms. The Labute approximate surface area is 172 Å². The Morgan fingerprint density at radius 2 is 1.72 bits per heavy atom. The number of phenols is 1. The number of benzene rings is 2. The van der Waals surface area contributed by atoms with Gasteiger partial charge in [0.2, 0.25) is 5.75 Å². The Morgan fingerprint density at radius 3 is 2.45 bits per heavy atom. The minimum Gasteiger partial charge on any atom is -0.502 e. The smallest absolute Gasteiger partial charge is 0.201 e. The first-order valence-corrected chi connectivity index (χ1v) is 10.2. The second kappa shape index (κ2) is 7.76. The van der Waals surface area contributed by atoms with Gasteiger partial charge in [0.15, 0.2) is 23.0 Å². The lowest BCUT2D eigenvalue weighted by molar-refractivity contribution is 0.246. The van der Waals surface area contributed by atoms with E-state index in [1.165, 1.54) is 11.1 Å². The quantitative estimate of drug-likeness (QED) is 0.813. The molecule has 0 aromatic heterocycles. The van der Waals surface area contributed by atoms with E-state index in [1.807, 2.05) is 6.07 Å². The molecular weight excluding hydrogens is 368 g/mol. The lowest BCUT2D eigenvalue weighted by Crippen LogP contribution is -2.30. The maximum atomic E-state index is 10.9. The zero-order chi connectivity index (χ0) is 20.7. The molecule has 2 aliphatic heterocycles. The number of rotatable bonds is 4. The molecule has 2 aromatic rings. The number of likely N-dealkylation sites (N-methyl/N-ethyl adjacent to an activating group) is 1. The van der Waals surface area contributed by atoms with E-state index < -0.39 is 0 Å². The molecule has 0 fully saturated rings. The van der Waals surface area contributed by atoms with E-state index in [1.54, 1.807) is 14.2 Å². The summed E-state index contributed by atoms with van der Waals surface area (Å²) in [5, 5.41) is 14.3. The second-order valence-electron chi connectivity index (χ2n) is 7.97. The van der Waals surface area contributed by atoms with Crippen molar-refractivity contribution in [3.05, 3.63) is 40.5 Å². The molecule has 6 nitrogen and oxygen atoms in total. The maximum absolute atomic E-state index is 10.9. The van der Waals surface area contributed by atoms with Gasteiger partial charge in [0, 0.05) is 24.2 Å². The zero-order valence-corrected chi connectivity index (χ0v) is 17.8. The highest BCUT2D eigenvalue weighted by Crippen LogP contribution is 2.49. The van der Waals surface area contributed by atoms with Crippen LogP contribution in [0, 0.1) is 0 Å². The molecule has 0 saturated carbocycles. The number of methoxy groups -OCH3 is 2. The molecule has 0 radical (unpaired) electrons. The molecule has 6 heteroatoms. The van der Waals surface area contributed by atoms with Gasteiger partial charge in [0.05, 0.1) is 14.2 Å². The number of fused-ring (bicyclic) bond motifs is 2. The average Bonchev–Trinajstić information content (AvgIpc) is 2.72. The van der Waals surface area contributed by atoms with Crippen molar-refractivity contribution in [2.24, 2.45) is 0 Å². The first kappa shape index (κ1) is 19.9. The molecule has 0 bridgehead atoms. The molecule has 0 unspecified atom stereocenters. The fraction of sp³-hybridized carbons (Fsp3) is 0.478. The van der Waals surface area contributed by atoms with E-state index >= 15 is 0 Å². The number of aromatic hydroxyl groups is 1. The van der Waals surface area contributed by atoms with E-state index in [0.717, 1.165) is 37.1 Å². The lowest BCUT2D eigenvalue weighted by Gasteiger charge is -2.33. The van der Waals surface area contributed by atoms with Gasteiger partial charge >= 0.3 is 0 Å². The minimum absolute atomic E-state index is 0.0201. The normalized spacial score (nSPS) is 21.3. The van der Waals surface area contributed by atoms with Crippen molar-refractivity contribution < 1.29 is 19.3 Å². The van der Waals surface area contributed by atoms with Crippen LogP contribution in [0.5, 0.6) is 28.7 Å².